The lowest BCUT2D eigenvalue weighted by Gasteiger charge is -2.35. The number of pyridine rings is 1. The Hall–Kier alpha value is -3.46. The number of rotatable bonds is 8. The van der Waals surface area contributed by atoms with Gasteiger partial charge in [0.15, 0.2) is 0 Å². The Balaban J connectivity index is 1.41. The molecule has 0 spiro atoms. The Bertz CT molecular complexity index is 1470. The summed E-state index contributed by atoms with van der Waals surface area (Å²) < 4.78 is 28.7. The van der Waals surface area contributed by atoms with Gasteiger partial charge in [0.2, 0.25) is 0 Å². The molecule has 1 amide bonds. The number of para-hydroxylation sites is 1. The molecule has 0 saturated carbocycles. The molecular weight excluding hydrogens is 508 g/mol. The van der Waals surface area contributed by atoms with Gasteiger partial charge >= 0.3 is 0 Å². The van der Waals surface area contributed by atoms with E-state index in [2.05, 4.69) is 34.2 Å². The second kappa shape index (κ2) is 11.7. The van der Waals surface area contributed by atoms with Gasteiger partial charge in [0.05, 0.1) is 21.8 Å². The van der Waals surface area contributed by atoms with E-state index in [9.17, 15) is 13.2 Å². The van der Waals surface area contributed by atoms with Crippen molar-refractivity contribution in [3.05, 3.63) is 102 Å². The Morgan fingerprint density at radius 1 is 1.11 bits per heavy atom. The van der Waals surface area contributed by atoms with E-state index in [0.29, 0.717) is 24.2 Å². The van der Waals surface area contributed by atoms with E-state index >= 15 is 0 Å². The molecule has 1 fully saturated rings. The van der Waals surface area contributed by atoms with Gasteiger partial charge < -0.3 is 4.90 Å². The van der Waals surface area contributed by atoms with E-state index in [1.807, 2.05) is 12.2 Å². The number of sulfonamides is 1. The summed E-state index contributed by atoms with van der Waals surface area (Å²) in [5, 5.41) is 0.914. The Kier molecular flexibility index (Phi) is 8.43. The zero-order chi connectivity index (χ0) is 26.4. The maximum atomic E-state index is 13.1. The van der Waals surface area contributed by atoms with Crippen molar-refractivity contribution in [1.29, 1.82) is 0 Å². The smallest absolute Gasteiger partial charge is 0.264 e. The largest absolute Gasteiger partial charge is 0.336 e. The van der Waals surface area contributed by atoms with Crippen LogP contribution in [0.5, 0.6) is 0 Å². The molecule has 37 heavy (non-hydrogen) atoms. The first-order chi connectivity index (χ1) is 17.8. The van der Waals surface area contributed by atoms with Crippen LogP contribution >= 0.6 is 11.6 Å². The van der Waals surface area contributed by atoms with Crippen LogP contribution in [0.1, 0.15) is 17.3 Å². The molecule has 7 nitrogen and oxygen atoms in total. The van der Waals surface area contributed by atoms with E-state index in [1.165, 1.54) is 17.7 Å². The number of hydrogen-bond donors (Lipinski definition) is 1. The number of aromatic nitrogens is 1. The number of hydrogen-bond acceptors (Lipinski definition) is 5. The number of benzene rings is 2. The highest BCUT2D eigenvalue weighted by Crippen LogP contribution is 2.27. The van der Waals surface area contributed by atoms with Crippen LogP contribution in [0.25, 0.3) is 10.9 Å². The summed E-state index contributed by atoms with van der Waals surface area (Å²) >= 11 is 6.45. The highest BCUT2D eigenvalue weighted by atomic mass is 35.5. The van der Waals surface area contributed by atoms with Crippen molar-refractivity contribution in [3.8, 4) is 0 Å². The highest BCUT2D eigenvalue weighted by Gasteiger charge is 2.24. The number of anilines is 1. The fourth-order valence-electron chi connectivity index (χ4n) is 4.24. The minimum absolute atomic E-state index is 0.0709. The van der Waals surface area contributed by atoms with Gasteiger partial charge in [-0.25, -0.2) is 8.42 Å². The van der Waals surface area contributed by atoms with Gasteiger partial charge in [-0.15, -0.1) is 0 Å². The first kappa shape index (κ1) is 26.6. The molecule has 3 aromatic rings. The molecule has 9 heteroatoms. The highest BCUT2D eigenvalue weighted by molar-refractivity contribution is 7.93. The number of nitrogens with one attached hydrogen (secondary N) is 1. The van der Waals surface area contributed by atoms with Crippen molar-refractivity contribution in [2.45, 2.75) is 11.8 Å². The summed E-state index contributed by atoms with van der Waals surface area (Å²) in [4.78, 5) is 21.5. The van der Waals surface area contributed by atoms with Crippen LogP contribution in [-0.2, 0) is 10.0 Å². The number of carbonyl (C=O) groups is 1. The molecule has 1 aliphatic heterocycles. The van der Waals surface area contributed by atoms with Crippen molar-refractivity contribution in [3.63, 3.8) is 0 Å². The number of piperazine rings is 1. The van der Waals surface area contributed by atoms with Gasteiger partial charge in [0.25, 0.3) is 15.9 Å². The van der Waals surface area contributed by atoms with E-state index in [0.717, 1.165) is 25.0 Å². The zero-order valence-electron chi connectivity index (χ0n) is 20.6. The maximum absolute atomic E-state index is 13.1. The number of amides is 1. The molecule has 1 aromatic heterocycles. The van der Waals surface area contributed by atoms with Crippen LogP contribution < -0.4 is 4.72 Å². The third kappa shape index (κ3) is 6.46. The van der Waals surface area contributed by atoms with E-state index in [-0.39, 0.29) is 21.5 Å². The third-order valence-electron chi connectivity index (χ3n) is 6.10. The summed E-state index contributed by atoms with van der Waals surface area (Å²) in [7, 11) is -3.92. The summed E-state index contributed by atoms with van der Waals surface area (Å²) in [6.07, 6.45) is 9.21. The molecule has 0 bridgehead atoms. The lowest BCUT2D eigenvalue weighted by atomic mass is 10.1. The average Bonchev–Trinajstić information content (AvgIpc) is 2.88. The Morgan fingerprint density at radius 2 is 1.86 bits per heavy atom. The molecule has 2 heterocycles. The normalized spacial score (nSPS) is 15.3. The zero-order valence-corrected chi connectivity index (χ0v) is 22.2. The first-order valence-electron chi connectivity index (χ1n) is 11.9. The topological polar surface area (TPSA) is 82.6 Å². The molecule has 0 atom stereocenters. The molecule has 0 radical (unpaired) electrons. The lowest BCUT2D eigenvalue weighted by molar-refractivity contribution is 0.0648. The fourth-order valence-corrected chi connectivity index (χ4v) is 5.73. The number of carbonyl (C=O) groups excluding carboxylic acids is 1. The quantitative estimate of drug-likeness (QED) is 0.403. The SMILES string of the molecule is C=C/C=C\C=C(/C)CN1CCN(C(=O)c2ccc(NS(=O)(=O)c3cccc4cccnc34)cc2Cl)CC1. The fraction of sp³-hybridized carbons (Fsp3) is 0.214. The predicted octanol–water partition coefficient (Wildman–Crippen LogP) is 5.14. The van der Waals surface area contributed by atoms with E-state index < -0.39 is 10.0 Å². The molecule has 2 aromatic carbocycles. The van der Waals surface area contributed by atoms with Gasteiger partial charge in [-0.3, -0.25) is 19.4 Å². The molecule has 0 aliphatic carbocycles. The van der Waals surface area contributed by atoms with E-state index in [1.54, 1.807) is 53.6 Å². The van der Waals surface area contributed by atoms with Crippen molar-refractivity contribution < 1.29 is 13.2 Å². The number of halogens is 1. The average molecular weight is 537 g/mol. The molecule has 192 valence electrons. The van der Waals surface area contributed by atoms with Crippen molar-refractivity contribution >= 4 is 44.1 Å². The van der Waals surface area contributed by atoms with Crippen LogP contribution in [0.15, 0.2) is 96.1 Å². The van der Waals surface area contributed by atoms with Gasteiger partial charge in [-0.1, -0.05) is 66.3 Å². The standard InChI is InChI=1S/C28H29ClN4O3S/c1-3-4-5-8-21(2)20-32-15-17-33(18-16-32)28(34)24-13-12-23(19-25(24)29)31-37(35,36)26-11-6-9-22-10-7-14-30-27(22)26/h3-14,19,31H,1,15-18,20H2,2H3/b5-4-,21-8+. The van der Waals surface area contributed by atoms with Gasteiger partial charge in [0.1, 0.15) is 4.90 Å². The van der Waals surface area contributed by atoms with Gasteiger partial charge in [0, 0.05) is 44.3 Å². The second-order valence-electron chi connectivity index (χ2n) is 8.83. The van der Waals surface area contributed by atoms with Crippen LogP contribution in [-0.4, -0.2) is 61.8 Å². The molecule has 1 N–H and O–H groups in total. The summed E-state index contributed by atoms with van der Waals surface area (Å²) in [5.41, 5.74) is 2.23. The number of nitrogens with zero attached hydrogens (tertiary/aromatic N) is 3. The monoisotopic (exact) mass is 536 g/mol. The summed E-state index contributed by atoms with van der Waals surface area (Å²) in [6, 6.07) is 13.1. The van der Waals surface area contributed by atoms with Crippen molar-refractivity contribution in [1.82, 2.24) is 14.8 Å². The molecule has 0 unspecified atom stereocenters. The maximum Gasteiger partial charge on any atom is 0.264 e. The van der Waals surface area contributed by atoms with Gasteiger partial charge in [-0.05, 0) is 37.3 Å². The summed E-state index contributed by atoms with van der Waals surface area (Å²) in [6.45, 7) is 9.29. The van der Waals surface area contributed by atoms with Gasteiger partial charge in [-0.2, -0.15) is 0 Å². The Labute approximate surface area is 222 Å². The predicted molar refractivity (Wildman–Crippen MR) is 149 cm³/mol. The lowest BCUT2D eigenvalue weighted by Crippen LogP contribution is -2.49. The number of allylic oxidation sites excluding steroid dienone is 4. The van der Waals surface area contributed by atoms with Crippen LogP contribution in [0.3, 0.4) is 0 Å². The molecular formula is C28H29ClN4O3S. The minimum Gasteiger partial charge on any atom is -0.336 e. The van der Waals surface area contributed by atoms with E-state index in [4.69, 9.17) is 11.6 Å². The molecule has 1 aliphatic rings. The van der Waals surface area contributed by atoms with Crippen LogP contribution in [0.2, 0.25) is 5.02 Å². The van der Waals surface area contributed by atoms with Crippen molar-refractivity contribution in [2.75, 3.05) is 37.4 Å². The summed E-state index contributed by atoms with van der Waals surface area (Å²) in [5.74, 6) is -0.168. The first-order valence-corrected chi connectivity index (χ1v) is 13.8. The second-order valence-corrected chi connectivity index (χ2v) is 10.9. The minimum atomic E-state index is -3.92. The molecule has 1 saturated heterocycles. The Morgan fingerprint density at radius 3 is 2.59 bits per heavy atom. The third-order valence-corrected chi connectivity index (χ3v) is 7.82. The van der Waals surface area contributed by atoms with Crippen molar-refractivity contribution in [2.24, 2.45) is 0 Å². The number of fused-ring (bicyclic) bond motifs is 1. The van der Waals surface area contributed by atoms with Crippen LogP contribution in [0, 0.1) is 0 Å². The molecule has 4 rings (SSSR count). The van der Waals surface area contributed by atoms with Crippen LogP contribution in [0.4, 0.5) is 5.69 Å².